The van der Waals surface area contributed by atoms with E-state index in [4.69, 9.17) is 0 Å². The van der Waals surface area contributed by atoms with Gasteiger partial charge in [0.15, 0.2) is 0 Å². The standard InChI is InChI=1S/C34H36/c1-33(2,3)27-19-23-17-15-21-11-7-9-13-25(21)29(23)31(27)32-28(34(4,5)6)20-24-18-16-22-12-8-10-14-26(22)30(24)32/h7-18,27-28H,19-20H2,1-6H3/b32-31+. The summed E-state index contributed by atoms with van der Waals surface area (Å²) in [6.45, 7) is 14.7. The minimum atomic E-state index is 0.193. The molecule has 172 valence electrons. The normalized spacial score (nSPS) is 22.4. The number of fused-ring (bicyclic) bond motifs is 6. The Hall–Kier alpha value is -2.86. The highest BCUT2D eigenvalue weighted by Crippen LogP contribution is 2.58. The van der Waals surface area contributed by atoms with Gasteiger partial charge in [-0.3, -0.25) is 0 Å². The fraction of sp³-hybridized carbons (Fsp3) is 0.353. The molecule has 0 heteroatoms. The topological polar surface area (TPSA) is 0 Å². The van der Waals surface area contributed by atoms with Crippen molar-refractivity contribution in [2.45, 2.75) is 54.4 Å². The molecule has 0 saturated heterocycles. The molecule has 0 nitrogen and oxygen atoms in total. The quantitative estimate of drug-likeness (QED) is 0.253. The average molecular weight is 445 g/mol. The first-order valence-corrected chi connectivity index (χ1v) is 12.9. The molecule has 0 heterocycles. The van der Waals surface area contributed by atoms with E-state index in [1.807, 2.05) is 0 Å². The van der Waals surface area contributed by atoms with Gasteiger partial charge in [-0.15, -0.1) is 0 Å². The molecule has 6 rings (SSSR count). The van der Waals surface area contributed by atoms with Crippen molar-refractivity contribution in [1.82, 2.24) is 0 Å². The molecule has 0 saturated carbocycles. The number of rotatable bonds is 0. The van der Waals surface area contributed by atoms with Crippen LogP contribution < -0.4 is 0 Å². The predicted octanol–water partition coefficient (Wildman–Crippen LogP) is 9.34. The maximum atomic E-state index is 2.44. The highest BCUT2D eigenvalue weighted by Gasteiger charge is 2.44. The van der Waals surface area contributed by atoms with Crippen LogP contribution in [0.2, 0.25) is 0 Å². The summed E-state index contributed by atoms with van der Waals surface area (Å²) in [5, 5.41) is 5.57. The van der Waals surface area contributed by atoms with Crippen LogP contribution in [0.1, 0.15) is 63.8 Å². The Morgan fingerprint density at radius 1 is 0.500 bits per heavy atom. The molecule has 0 amide bonds. The van der Waals surface area contributed by atoms with Crippen LogP contribution in [0.15, 0.2) is 72.8 Å². The van der Waals surface area contributed by atoms with E-state index in [2.05, 4.69) is 114 Å². The van der Waals surface area contributed by atoms with Gasteiger partial charge in [0.2, 0.25) is 0 Å². The first-order chi connectivity index (χ1) is 16.1. The minimum absolute atomic E-state index is 0.193. The van der Waals surface area contributed by atoms with E-state index in [1.54, 1.807) is 11.1 Å². The van der Waals surface area contributed by atoms with Crippen molar-refractivity contribution in [2.24, 2.45) is 22.7 Å². The van der Waals surface area contributed by atoms with Crippen molar-refractivity contribution in [3.8, 4) is 0 Å². The Balaban J connectivity index is 1.80. The molecule has 2 aliphatic rings. The molecule has 0 fully saturated rings. The van der Waals surface area contributed by atoms with Crippen molar-refractivity contribution in [1.29, 1.82) is 0 Å². The third kappa shape index (κ3) is 3.18. The zero-order valence-corrected chi connectivity index (χ0v) is 21.5. The molecule has 2 atom stereocenters. The highest BCUT2D eigenvalue weighted by molar-refractivity contribution is 6.10. The van der Waals surface area contributed by atoms with Crippen molar-refractivity contribution >= 4 is 32.7 Å². The molecule has 34 heavy (non-hydrogen) atoms. The van der Waals surface area contributed by atoms with E-state index >= 15 is 0 Å². The van der Waals surface area contributed by atoms with Crippen LogP contribution in [0.25, 0.3) is 32.7 Å². The number of hydrogen-bond acceptors (Lipinski definition) is 0. The molecular weight excluding hydrogens is 408 g/mol. The Morgan fingerprint density at radius 3 is 1.26 bits per heavy atom. The highest BCUT2D eigenvalue weighted by atomic mass is 14.5. The minimum Gasteiger partial charge on any atom is -0.0616 e. The molecule has 4 aromatic carbocycles. The Bertz CT molecular complexity index is 1350. The van der Waals surface area contributed by atoms with E-state index in [0.717, 1.165) is 12.8 Å². The van der Waals surface area contributed by atoms with E-state index in [1.165, 1.54) is 43.8 Å². The maximum Gasteiger partial charge on any atom is -0.00632 e. The second-order valence-corrected chi connectivity index (χ2v) is 12.7. The summed E-state index contributed by atoms with van der Waals surface area (Å²) in [5.74, 6) is 1.02. The van der Waals surface area contributed by atoms with Gasteiger partial charge in [-0.1, -0.05) is 114 Å². The zero-order chi connectivity index (χ0) is 23.8. The summed E-state index contributed by atoms with van der Waals surface area (Å²) in [6.07, 6.45) is 2.28. The number of hydrogen-bond donors (Lipinski definition) is 0. The maximum absolute atomic E-state index is 2.44. The van der Waals surface area contributed by atoms with Gasteiger partial charge in [0.1, 0.15) is 0 Å². The Morgan fingerprint density at radius 2 is 0.882 bits per heavy atom. The summed E-state index contributed by atoms with van der Waals surface area (Å²) in [6, 6.07) is 27.5. The van der Waals surface area contributed by atoms with Crippen LogP contribution in [0.4, 0.5) is 0 Å². The molecule has 0 spiro atoms. The van der Waals surface area contributed by atoms with Gasteiger partial charge in [-0.05, 0) is 90.5 Å². The van der Waals surface area contributed by atoms with Crippen LogP contribution in [0.3, 0.4) is 0 Å². The van der Waals surface area contributed by atoms with E-state index in [9.17, 15) is 0 Å². The van der Waals surface area contributed by atoms with Crippen molar-refractivity contribution in [3.05, 3.63) is 95.1 Å². The third-order valence-electron chi connectivity index (χ3n) is 8.50. The smallest absolute Gasteiger partial charge is 0.00632 e. The predicted molar refractivity (Wildman–Crippen MR) is 148 cm³/mol. The SMILES string of the molecule is CC(C)(C)C1Cc2ccc3ccccc3c2/C1=C1/c2c(ccc3ccccc23)CC1C(C)(C)C. The van der Waals surface area contributed by atoms with Crippen LogP contribution in [0.5, 0.6) is 0 Å². The largest absolute Gasteiger partial charge is 0.0616 e. The molecule has 0 bridgehead atoms. The first kappa shape index (κ1) is 21.7. The van der Waals surface area contributed by atoms with E-state index < -0.39 is 0 Å². The number of benzene rings is 4. The van der Waals surface area contributed by atoms with Gasteiger partial charge in [-0.25, -0.2) is 0 Å². The molecule has 0 aromatic heterocycles. The molecule has 0 radical (unpaired) electrons. The fourth-order valence-corrected chi connectivity index (χ4v) is 6.73. The molecular formula is C34H36. The van der Waals surface area contributed by atoms with Crippen molar-refractivity contribution in [2.75, 3.05) is 0 Å². The van der Waals surface area contributed by atoms with Gasteiger partial charge >= 0.3 is 0 Å². The Kier molecular flexibility index (Phi) is 4.66. The summed E-state index contributed by atoms with van der Waals surface area (Å²) in [7, 11) is 0. The first-order valence-electron chi connectivity index (χ1n) is 12.9. The lowest BCUT2D eigenvalue weighted by Crippen LogP contribution is -2.24. The van der Waals surface area contributed by atoms with E-state index in [-0.39, 0.29) is 10.8 Å². The number of allylic oxidation sites excluding steroid dienone is 2. The van der Waals surface area contributed by atoms with Crippen LogP contribution >= 0.6 is 0 Å². The summed E-state index contributed by atoms with van der Waals surface area (Å²) in [5.41, 5.74) is 9.77. The summed E-state index contributed by atoms with van der Waals surface area (Å²) in [4.78, 5) is 0. The zero-order valence-electron chi connectivity index (χ0n) is 21.5. The molecule has 2 aliphatic carbocycles. The molecule has 4 aromatic rings. The average Bonchev–Trinajstić information content (AvgIpc) is 3.38. The Labute approximate surface area is 204 Å². The van der Waals surface area contributed by atoms with Gasteiger partial charge in [0.25, 0.3) is 0 Å². The van der Waals surface area contributed by atoms with Gasteiger partial charge in [0.05, 0.1) is 0 Å². The van der Waals surface area contributed by atoms with Gasteiger partial charge in [-0.2, -0.15) is 0 Å². The van der Waals surface area contributed by atoms with Crippen LogP contribution in [0, 0.1) is 22.7 Å². The molecule has 0 aliphatic heterocycles. The van der Waals surface area contributed by atoms with Crippen molar-refractivity contribution in [3.63, 3.8) is 0 Å². The second-order valence-electron chi connectivity index (χ2n) is 12.7. The lowest BCUT2D eigenvalue weighted by Gasteiger charge is -2.35. The van der Waals surface area contributed by atoms with Gasteiger partial charge < -0.3 is 0 Å². The lowest BCUT2D eigenvalue weighted by molar-refractivity contribution is 0.297. The molecule has 0 N–H and O–H groups in total. The van der Waals surface area contributed by atoms with Gasteiger partial charge in [0, 0.05) is 0 Å². The molecule has 2 unspecified atom stereocenters. The fourth-order valence-electron chi connectivity index (χ4n) is 6.73. The monoisotopic (exact) mass is 444 g/mol. The second kappa shape index (κ2) is 7.32. The van der Waals surface area contributed by atoms with Crippen LogP contribution in [-0.4, -0.2) is 0 Å². The van der Waals surface area contributed by atoms with Crippen molar-refractivity contribution < 1.29 is 0 Å². The third-order valence-corrected chi connectivity index (χ3v) is 8.50. The summed E-state index contributed by atoms with van der Waals surface area (Å²) < 4.78 is 0. The van der Waals surface area contributed by atoms with E-state index in [0.29, 0.717) is 11.8 Å². The summed E-state index contributed by atoms with van der Waals surface area (Å²) >= 11 is 0. The lowest BCUT2D eigenvalue weighted by atomic mass is 9.69. The van der Waals surface area contributed by atoms with Crippen LogP contribution in [-0.2, 0) is 12.8 Å².